The minimum Gasteiger partial charge on any atom is -0.497 e. The van der Waals surface area contributed by atoms with Crippen LogP contribution in [0.5, 0.6) is 5.75 Å². The fourth-order valence-electron chi connectivity index (χ4n) is 3.59. The fraction of sp³-hybridized carbons (Fsp3) is 0.154. The number of hydrogen-bond acceptors (Lipinski definition) is 4. The molecule has 4 rings (SSSR count). The molecule has 0 aliphatic carbocycles. The van der Waals surface area contributed by atoms with Crippen molar-refractivity contribution in [1.82, 2.24) is 0 Å². The summed E-state index contributed by atoms with van der Waals surface area (Å²) in [7, 11) is 1.56. The number of hydrogen-bond donors (Lipinski definition) is 1. The number of amides is 2. The van der Waals surface area contributed by atoms with Crippen LogP contribution in [0.15, 0.2) is 78.5 Å². The van der Waals surface area contributed by atoms with E-state index in [2.05, 4.69) is 19.2 Å². The molecule has 0 fully saturated rings. The maximum absolute atomic E-state index is 13.4. The Balaban J connectivity index is 1.77. The Bertz CT molecular complexity index is 1180. The van der Waals surface area contributed by atoms with E-state index in [9.17, 15) is 14.0 Å². The first-order valence-electron chi connectivity index (χ1n) is 10.3. The predicted molar refractivity (Wildman–Crippen MR) is 123 cm³/mol. The standard InChI is InChI=1S/C26H23FN2O3/c1-16(2)17-4-10-20(11-5-17)28-24-23(18-6-14-22(32-3)15-7-18)25(30)29(26(24)31)21-12-8-19(27)9-13-21/h4-16,28H,1-3H3. The summed E-state index contributed by atoms with van der Waals surface area (Å²) in [5, 5.41) is 3.14. The Morgan fingerprint density at radius 1 is 0.844 bits per heavy atom. The molecule has 162 valence electrons. The van der Waals surface area contributed by atoms with Gasteiger partial charge in [0, 0.05) is 5.69 Å². The molecule has 3 aromatic rings. The highest BCUT2D eigenvalue weighted by molar-refractivity contribution is 6.46. The number of imide groups is 1. The molecule has 0 radical (unpaired) electrons. The molecule has 1 heterocycles. The quantitative estimate of drug-likeness (QED) is 0.536. The highest BCUT2D eigenvalue weighted by Gasteiger charge is 2.40. The lowest BCUT2D eigenvalue weighted by molar-refractivity contribution is -0.120. The fourth-order valence-corrected chi connectivity index (χ4v) is 3.59. The number of carbonyl (C=O) groups excluding carboxylic acids is 2. The highest BCUT2D eigenvalue weighted by atomic mass is 19.1. The summed E-state index contributed by atoms with van der Waals surface area (Å²) in [5.41, 5.74) is 3.16. The van der Waals surface area contributed by atoms with E-state index in [-0.39, 0.29) is 11.3 Å². The Labute approximate surface area is 186 Å². The molecule has 0 saturated carbocycles. The average molecular weight is 430 g/mol. The van der Waals surface area contributed by atoms with Crippen LogP contribution in [0.3, 0.4) is 0 Å². The van der Waals surface area contributed by atoms with E-state index in [1.165, 1.54) is 29.8 Å². The van der Waals surface area contributed by atoms with Gasteiger partial charge in [0.15, 0.2) is 0 Å². The molecule has 1 aliphatic heterocycles. The molecule has 5 nitrogen and oxygen atoms in total. The van der Waals surface area contributed by atoms with Crippen LogP contribution < -0.4 is 15.0 Å². The zero-order valence-electron chi connectivity index (χ0n) is 18.1. The Morgan fingerprint density at radius 3 is 2.03 bits per heavy atom. The third-order valence-electron chi connectivity index (χ3n) is 5.39. The first-order valence-corrected chi connectivity index (χ1v) is 10.3. The van der Waals surface area contributed by atoms with Crippen LogP contribution in [0.2, 0.25) is 0 Å². The summed E-state index contributed by atoms with van der Waals surface area (Å²) in [6, 6.07) is 19.9. The molecule has 1 aliphatic rings. The minimum atomic E-state index is -0.500. The van der Waals surface area contributed by atoms with Gasteiger partial charge in [-0.1, -0.05) is 38.1 Å². The van der Waals surface area contributed by atoms with Crippen molar-refractivity contribution in [3.05, 3.63) is 95.4 Å². The molecule has 1 N–H and O–H groups in total. The van der Waals surface area contributed by atoms with Crippen molar-refractivity contribution in [2.45, 2.75) is 19.8 Å². The SMILES string of the molecule is COc1ccc(C2=C(Nc3ccc(C(C)C)cc3)C(=O)N(c3ccc(F)cc3)C2=O)cc1. The molecule has 6 heteroatoms. The van der Waals surface area contributed by atoms with Crippen molar-refractivity contribution in [2.24, 2.45) is 0 Å². The van der Waals surface area contributed by atoms with Crippen molar-refractivity contribution >= 4 is 28.8 Å². The lowest BCUT2D eigenvalue weighted by Gasteiger charge is -2.15. The number of methoxy groups -OCH3 is 1. The second-order valence-corrected chi connectivity index (χ2v) is 7.80. The van der Waals surface area contributed by atoms with E-state index in [0.717, 1.165) is 4.90 Å². The van der Waals surface area contributed by atoms with Gasteiger partial charge in [-0.3, -0.25) is 9.59 Å². The molecule has 0 unspecified atom stereocenters. The monoisotopic (exact) mass is 430 g/mol. The number of nitrogens with zero attached hydrogens (tertiary/aromatic N) is 1. The van der Waals surface area contributed by atoms with Gasteiger partial charge in [-0.2, -0.15) is 0 Å². The average Bonchev–Trinajstić information content (AvgIpc) is 3.04. The highest BCUT2D eigenvalue weighted by Crippen LogP contribution is 2.34. The Hall–Kier alpha value is -3.93. The normalized spacial score (nSPS) is 13.8. The molecule has 32 heavy (non-hydrogen) atoms. The lowest BCUT2D eigenvalue weighted by atomic mass is 10.0. The number of rotatable bonds is 6. The van der Waals surface area contributed by atoms with Gasteiger partial charge < -0.3 is 10.1 Å². The number of carbonyl (C=O) groups is 2. The van der Waals surface area contributed by atoms with Crippen LogP contribution >= 0.6 is 0 Å². The topological polar surface area (TPSA) is 58.6 Å². The summed E-state index contributed by atoms with van der Waals surface area (Å²) in [6.07, 6.45) is 0. The molecule has 2 amide bonds. The van der Waals surface area contributed by atoms with E-state index in [1.807, 2.05) is 24.3 Å². The summed E-state index contributed by atoms with van der Waals surface area (Å²) < 4.78 is 18.6. The third kappa shape index (κ3) is 3.99. The van der Waals surface area contributed by atoms with E-state index in [4.69, 9.17) is 4.74 Å². The van der Waals surface area contributed by atoms with Crippen LogP contribution in [-0.2, 0) is 9.59 Å². The number of ether oxygens (including phenoxy) is 1. The van der Waals surface area contributed by atoms with E-state index >= 15 is 0 Å². The Morgan fingerprint density at radius 2 is 1.47 bits per heavy atom. The van der Waals surface area contributed by atoms with Crippen molar-refractivity contribution in [3.8, 4) is 5.75 Å². The number of benzene rings is 3. The summed E-state index contributed by atoms with van der Waals surface area (Å²) in [4.78, 5) is 27.8. The zero-order chi connectivity index (χ0) is 22.8. The molecular formula is C26H23FN2O3. The third-order valence-corrected chi connectivity index (χ3v) is 5.39. The lowest BCUT2D eigenvalue weighted by Crippen LogP contribution is -2.32. The maximum atomic E-state index is 13.4. The van der Waals surface area contributed by atoms with Crippen LogP contribution in [0, 0.1) is 5.82 Å². The summed E-state index contributed by atoms with van der Waals surface area (Å²) in [6.45, 7) is 4.21. The molecule has 0 spiro atoms. The van der Waals surface area contributed by atoms with Crippen LogP contribution in [0.4, 0.5) is 15.8 Å². The second-order valence-electron chi connectivity index (χ2n) is 7.80. The van der Waals surface area contributed by atoms with E-state index < -0.39 is 17.6 Å². The zero-order valence-corrected chi connectivity index (χ0v) is 18.1. The van der Waals surface area contributed by atoms with Gasteiger partial charge >= 0.3 is 0 Å². The van der Waals surface area contributed by atoms with E-state index in [0.29, 0.717) is 28.6 Å². The van der Waals surface area contributed by atoms with Crippen LogP contribution in [0.1, 0.15) is 30.9 Å². The van der Waals surface area contributed by atoms with Gasteiger partial charge in [0.25, 0.3) is 11.8 Å². The van der Waals surface area contributed by atoms with Gasteiger partial charge in [0.1, 0.15) is 17.3 Å². The van der Waals surface area contributed by atoms with Crippen LogP contribution in [-0.4, -0.2) is 18.9 Å². The Kier molecular flexibility index (Phi) is 5.77. The van der Waals surface area contributed by atoms with Gasteiger partial charge in [-0.05, 0) is 65.6 Å². The van der Waals surface area contributed by atoms with Crippen LogP contribution in [0.25, 0.3) is 5.57 Å². The first-order chi connectivity index (χ1) is 15.4. The molecule has 0 saturated heterocycles. The van der Waals surface area contributed by atoms with Crippen molar-refractivity contribution in [2.75, 3.05) is 17.3 Å². The number of anilines is 2. The predicted octanol–water partition coefficient (Wildman–Crippen LogP) is 5.35. The second kappa shape index (κ2) is 8.67. The number of nitrogens with one attached hydrogen (secondary N) is 1. The molecular weight excluding hydrogens is 407 g/mol. The van der Waals surface area contributed by atoms with Gasteiger partial charge in [-0.25, -0.2) is 9.29 Å². The van der Waals surface area contributed by atoms with Crippen molar-refractivity contribution in [3.63, 3.8) is 0 Å². The minimum absolute atomic E-state index is 0.168. The summed E-state index contributed by atoms with van der Waals surface area (Å²) in [5.74, 6) is -0.407. The molecule has 0 bridgehead atoms. The van der Waals surface area contributed by atoms with Gasteiger partial charge in [-0.15, -0.1) is 0 Å². The maximum Gasteiger partial charge on any atom is 0.282 e. The number of halogens is 1. The van der Waals surface area contributed by atoms with Crippen molar-refractivity contribution in [1.29, 1.82) is 0 Å². The summed E-state index contributed by atoms with van der Waals surface area (Å²) >= 11 is 0. The molecule has 3 aromatic carbocycles. The van der Waals surface area contributed by atoms with E-state index in [1.54, 1.807) is 31.4 Å². The first kappa shape index (κ1) is 21.3. The molecule has 0 atom stereocenters. The molecule has 0 aromatic heterocycles. The van der Waals surface area contributed by atoms with Gasteiger partial charge in [0.05, 0.1) is 18.4 Å². The smallest absolute Gasteiger partial charge is 0.282 e. The van der Waals surface area contributed by atoms with Crippen molar-refractivity contribution < 1.29 is 18.7 Å². The largest absolute Gasteiger partial charge is 0.497 e. The van der Waals surface area contributed by atoms with Gasteiger partial charge in [0.2, 0.25) is 0 Å².